The first kappa shape index (κ1) is 14.3. The van der Waals surface area contributed by atoms with Crippen molar-refractivity contribution in [2.45, 2.75) is 19.0 Å². The number of aliphatic hydroxyl groups is 1. The third-order valence-electron chi connectivity index (χ3n) is 3.69. The molecule has 2 nitrogen and oxygen atoms in total. The molecule has 0 aliphatic heterocycles. The van der Waals surface area contributed by atoms with E-state index in [0.717, 1.165) is 13.0 Å². The highest BCUT2D eigenvalue weighted by molar-refractivity contribution is 7.17. The summed E-state index contributed by atoms with van der Waals surface area (Å²) >= 11 is 1.77. The van der Waals surface area contributed by atoms with Crippen LogP contribution >= 0.6 is 11.3 Å². The van der Waals surface area contributed by atoms with Crippen molar-refractivity contribution >= 4 is 21.4 Å². The molecule has 2 N–H and O–H groups in total. The maximum Gasteiger partial charge on any atom is 0.0587 e. The largest absolute Gasteiger partial charge is 0.395 e. The van der Waals surface area contributed by atoms with E-state index in [4.69, 9.17) is 0 Å². The highest BCUT2D eigenvalue weighted by Crippen LogP contribution is 2.25. The number of aliphatic hydroxyl groups excluding tert-OH is 1. The zero-order chi connectivity index (χ0) is 14.5. The fraction of sp³-hybridized carbons (Fsp3) is 0.222. The molecule has 0 fully saturated rings. The molecule has 1 aromatic heterocycles. The molecule has 1 unspecified atom stereocenters. The molecule has 21 heavy (non-hydrogen) atoms. The van der Waals surface area contributed by atoms with Gasteiger partial charge in [-0.1, -0.05) is 48.5 Å². The van der Waals surface area contributed by atoms with Crippen LogP contribution in [0.5, 0.6) is 0 Å². The molecule has 1 heterocycles. The van der Waals surface area contributed by atoms with Crippen LogP contribution in [-0.4, -0.2) is 17.8 Å². The zero-order valence-corrected chi connectivity index (χ0v) is 12.6. The Morgan fingerprint density at radius 2 is 1.76 bits per heavy atom. The predicted molar refractivity (Wildman–Crippen MR) is 89.7 cm³/mol. The van der Waals surface area contributed by atoms with Gasteiger partial charge in [-0.05, 0) is 34.4 Å². The molecule has 3 heteroatoms. The van der Waals surface area contributed by atoms with Gasteiger partial charge in [0.25, 0.3) is 0 Å². The molecule has 108 valence electrons. The minimum Gasteiger partial charge on any atom is -0.395 e. The molecule has 0 saturated carbocycles. The SMILES string of the molecule is OCC(Cc1ccccc1)NCc1csc2ccccc12. The first-order valence-corrected chi connectivity index (χ1v) is 8.08. The third kappa shape index (κ3) is 3.50. The van der Waals surface area contributed by atoms with Crippen molar-refractivity contribution in [2.75, 3.05) is 6.61 Å². The zero-order valence-electron chi connectivity index (χ0n) is 11.8. The van der Waals surface area contributed by atoms with E-state index in [0.29, 0.717) is 0 Å². The molecular formula is C18H19NOS. The molecule has 3 rings (SSSR count). The average molecular weight is 297 g/mol. The summed E-state index contributed by atoms with van der Waals surface area (Å²) in [6.45, 7) is 0.943. The van der Waals surface area contributed by atoms with Gasteiger partial charge in [0.2, 0.25) is 0 Å². The van der Waals surface area contributed by atoms with Crippen LogP contribution in [-0.2, 0) is 13.0 Å². The lowest BCUT2D eigenvalue weighted by Gasteiger charge is -2.16. The van der Waals surface area contributed by atoms with E-state index in [2.05, 4.69) is 47.1 Å². The normalized spacial score (nSPS) is 12.6. The van der Waals surface area contributed by atoms with Crippen molar-refractivity contribution in [2.24, 2.45) is 0 Å². The Morgan fingerprint density at radius 1 is 1.00 bits per heavy atom. The van der Waals surface area contributed by atoms with E-state index >= 15 is 0 Å². The van der Waals surface area contributed by atoms with E-state index in [1.807, 2.05) is 18.2 Å². The van der Waals surface area contributed by atoms with Gasteiger partial charge >= 0.3 is 0 Å². The first-order chi connectivity index (χ1) is 10.4. The number of benzene rings is 2. The second-order valence-electron chi connectivity index (χ2n) is 5.21. The Kier molecular flexibility index (Phi) is 4.65. The Balaban J connectivity index is 1.65. The summed E-state index contributed by atoms with van der Waals surface area (Å²) < 4.78 is 1.32. The average Bonchev–Trinajstić information content (AvgIpc) is 2.96. The standard InChI is InChI=1S/C18H19NOS/c20-12-16(10-14-6-2-1-3-7-14)19-11-15-13-21-18-9-5-4-8-17(15)18/h1-9,13,16,19-20H,10-12H2. The fourth-order valence-electron chi connectivity index (χ4n) is 2.52. The Morgan fingerprint density at radius 3 is 2.57 bits per heavy atom. The molecule has 0 saturated heterocycles. The third-order valence-corrected chi connectivity index (χ3v) is 4.70. The second kappa shape index (κ2) is 6.85. The van der Waals surface area contributed by atoms with Gasteiger partial charge in [-0.3, -0.25) is 0 Å². The summed E-state index contributed by atoms with van der Waals surface area (Å²) in [5.74, 6) is 0. The summed E-state index contributed by atoms with van der Waals surface area (Å²) in [7, 11) is 0. The van der Waals surface area contributed by atoms with Gasteiger partial charge in [-0.25, -0.2) is 0 Å². The van der Waals surface area contributed by atoms with Crippen molar-refractivity contribution in [3.63, 3.8) is 0 Å². The minimum atomic E-state index is 0.0889. The number of nitrogens with one attached hydrogen (secondary N) is 1. The molecule has 1 atom stereocenters. The van der Waals surface area contributed by atoms with Gasteiger partial charge in [0.1, 0.15) is 0 Å². The molecule has 0 amide bonds. The van der Waals surface area contributed by atoms with Crippen molar-refractivity contribution in [1.29, 1.82) is 0 Å². The Labute approximate surface area is 129 Å². The van der Waals surface area contributed by atoms with E-state index < -0.39 is 0 Å². The van der Waals surface area contributed by atoms with Crippen LogP contribution in [0.4, 0.5) is 0 Å². The Bertz CT molecular complexity index is 693. The summed E-state index contributed by atoms with van der Waals surface area (Å²) in [4.78, 5) is 0. The lowest BCUT2D eigenvalue weighted by atomic mass is 10.1. The molecule has 0 aliphatic carbocycles. The topological polar surface area (TPSA) is 32.3 Å². The molecule has 0 aliphatic rings. The number of fused-ring (bicyclic) bond motifs is 1. The second-order valence-corrected chi connectivity index (χ2v) is 6.12. The summed E-state index contributed by atoms with van der Waals surface area (Å²) in [6.07, 6.45) is 0.847. The molecule has 0 radical (unpaired) electrons. The van der Waals surface area contributed by atoms with Crippen LogP contribution in [0, 0.1) is 0 Å². The van der Waals surface area contributed by atoms with Gasteiger partial charge in [0.15, 0.2) is 0 Å². The van der Waals surface area contributed by atoms with Crippen molar-refractivity contribution in [3.05, 3.63) is 71.1 Å². The molecule has 0 spiro atoms. The quantitative estimate of drug-likeness (QED) is 0.728. The number of rotatable bonds is 6. The van der Waals surface area contributed by atoms with Crippen LogP contribution in [0.15, 0.2) is 60.0 Å². The van der Waals surface area contributed by atoms with Crippen molar-refractivity contribution < 1.29 is 5.11 Å². The summed E-state index contributed by atoms with van der Waals surface area (Å²) in [6, 6.07) is 18.8. The van der Waals surface area contributed by atoms with Gasteiger partial charge in [0.05, 0.1) is 6.61 Å². The van der Waals surface area contributed by atoms with E-state index in [1.165, 1.54) is 21.2 Å². The number of thiophene rings is 1. The van der Waals surface area contributed by atoms with Gasteiger partial charge in [0, 0.05) is 17.3 Å². The maximum atomic E-state index is 9.57. The van der Waals surface area contributed by atoms with E-state index in [9.17, 15) is 5.11 Å². The highest BCUT2D eigenvalue weighted by atomic mass is 32.1. The van der Waals surface area contributed by atoms with Gasteiger partial charge in [-0.2, -0.15) is 0 Å². The fourth-order valence-corrected chi connectivity index (χ4v) is 3.49. The van der Waals surface area contributed by atoms with Crippen LogP contribution in [0.2, 0.25) is 0 Å². The van der Waals surface area contributed by atoms with Crippen LogP contribution < -0.4 is 5.32 Å². The lowest BCUT2D eigenvalue weighted by molar-refractivity contribution is 0.241. The van der Waals surface area contributed by atoms with Crippen LogP contribution in [0.1, 0.15) is 11.1 Å². The van der Waals surface area contributed by atoms with Crippen molar-refractivity contribution in [3.8, 4) is 0 Å². The van der Waals surface area contributed by atoms with Gasteiger partial charge in [-0.15, -0.1) is 11.3 Å². The Hall–Kier alpha value is -1.68. The van der Waals surface area contributed by atoms with Gasteiger partial charge < -0.3 is 10.4 Å². The minimum absolute atomic E-state index is 0.0889. The summed E-state index contributed by atoms with van der Waals surface area (Å²) in [5, 5.41) is 16.6. The highest BCUT2D eigenvalue weighted by Gasteiger charge is 2.09. The summed E-state index contributed by atoms with van der Waals surface area (Å²) in [5.41, 5.74) is 2.56. The smallest absolute Gasteiger partial charge is 0.0587 e. The lowest BCUT2D eigenvalue weighted by Crippen LogP contribution is -2.33. The predicted octanol–water partition coefficient (Wildman–Crippen LogP) is 3.59. The monoisotopic (exact) mass is 297 g/mol. The van der Waals surface area contributed by atoms with E-state index in [-0.39, 0.29) is 12.6 Å². The molecule has 0 bridgehead atoms. The van der Waals surface area contributed by atoms with E-state index in [1.54, 1.807) is 11.3 Å². The number of hydrogen-bond donors (Lipinski definition) is 2. The molecular weight excluding hydrogens is 278 g/mol. The molecule has 3 aromatic rings. The first-order valence-electron chi connectivity index (χ1n) is 7.20. The van der Waals surface area contributed by atoms with Crippen molar-refractivity contribution in [1.82, 2.24) is 5.32 Å². The van der Waals surface area contributed by atoms with Crippen LogP contribution in [0.25, 0.3) is 10.1 Å². The maximum absolute atomic E-state index is 9.57. The molecule has 2 aromatic carbocycles. The van der Waals surface area contributed by atoms with Crippen LogP contribution in [0.3, 0.4) is 0 Å². The number of hydrogen-bond acceptors (Lipinski definition) is 3.